The fourth-order valence-electron chi connectivity index (χ4n) is 1.67. The Hall–Kier alpha value is -1.29. The summed E-state index contributed by atoms with van der Waals surface area (Å²) in [6, 6.07) is 4.37. The van der Waals surface area contributed by atoms with Gasteiger partial charge in [-0.05, 0) is 43.7 Å². The van der Waals surface area contributed by atoms with Crippen molar-refractivity contribution >= 4 is 11.8 Å². The van der Waals surface area contributed by atoms with Crippen molar-refractivity contribution in [1.29, 1.82) is 0 Å². The smallest absolute Gasteiger partial charge is 0.212 e. The zero-order valence-corrected chi connectivity index (χ0v) is 9.85. The Bertz CT molecular complexity index is 440. The van der Waals surface area contributed by atoms with E-state index in [1.807, 2.05) is 0 Å². The summed E-state index contributed by atoms with van der Waals surface area (Å²) < 4.78 is 0. The Kier molecular flexibility index (Phi) is 2.77. The molecule has 3 nitrogen and oxygen atoms in total. The quantitative estimate of drug-likeness (QED) is 0.844. The van der Waals surface area contributed by atoms with E-state index in [0.29, 0.717) is 0 Å². The minimum Gasteiger partial charge on any atom is -0.265 e. The van der Waals surface area contributed by atoms with E-state index < -0.39 is 0 Å². The monoisotopic (exact) mass is 219 g/mol. The lowest BCUT2D eigenvalue weighted by molar-refractivity contribution is 0.971. The number of aromatic nitrogens is 3. The van der Waals surface area contributed by atoms with Crippen LogP contribution in [0.15, 0.2) is 28.5 Å². The van der Waals surface area contributed by atoms with Crippen LogP contribution in [0.1, 0.15) is 16.7 Å². The lowest BCUT2D eigenvalue weighted by Crippen LogP contribution is -1.88. The molecule has 0 bridgehead atoms. The van der Waals surface area contributed by atoms with Gasteiger partial charge in [0.15, 0.2) is 0 Å². The maximum atomic E-state index is 4.11. The van der Waals surface area contributed by atoms with E-state index in [1.165, 1.54) is 21.6 Å². The van der Waals surface area contributed by atoms with E-state index in [1.54, 1.807) is 18.1 Å². The lowest BCUT2D eigenvalue weighted by Gasteiger charge is -2.08. The normalized spacial score (nSPS) is 10.6. The van der Waals surface area contributed by atoms with Crippen molar-refractivity contribution in [3.05, 3.63) is 35.2 Å². The molecule has 0 radical (unpaired) electrons. The number of aromatic amines is 1. The van der Waals surface area contributed by atoms with Crippen molar-refractivity contribution < 1.29 is 0 Å². The molecule has 78 valence electrons. The van der Waals surface area contributed by atoms with E-state index in [0.717, 1.165) is 5.16 Å². The van der Waals surface area contributed by atoms with Crippen molar-refractivity contribution in [1.82, 2.24) is 15.2 Å². The number of nitrogens with zero attached hydrogens (tertiary/aromatic N) is 2. The number of nitrogens with one attached hydrogen (secondary N) is 1. The van der Waals surface area contributed by atoms with Gasteiger partial charge in [0.25, 0.3) is 0 Å². The van der Waals surface area contributed by atoms with Gasteiger partial charge in [0, 0.05) is 4.90 Å². The Labute approximate surface area is 93.3 Å². The highest BCUT2D eigenvalue weighted by atomic mass is 32.2. The Balaban J connectivity index is 2.36. The van der Waals surface area contributed by atoms with Crippen LogP contribution in [0.25, 0.3) is 0 Å². The van der Waals surface area contributed by atoms with Crippen LogP contribution >= 0.6 is 11.8 Å². The molecule has 0 amide bonds. The standard InChI is InChI=1S/C11H13N3S/c1-7-4-8(2)10(9(3)5-7)15-11-12-6-13-14-11/h4-6H,1-3H3,(H,12,13,14). The summed E-state index contributed by atoms with van der Waals surface area (Å²) >= 11 is 1.60. The van der Waals surface area contributed by atoms with Gasteiger partial charge in [0.1, 0.15) is 6.33 Å². The van der Waals surface area contributed by atoms with Crippen LogP contribution in [0.4, 0.5) is 0 Å². The van der Waals surface area contributed by atoms with Gasteiger partial charge in [0.05, 0.1) is 0 Å². The molecule has 2 aromatic rings. The number of aryl methyl sites for hydroxylation is 3. The molecule has 1 N–H and O–H groups in total. The van der Waals surface area contributed by atoms with Gasteiger partial charge in [-0.1, -0.05) is 17.7 Å². The molecule has 0 spiro atoms. The number of hydrogen-bond acceptors (Lipinski definition) is 3. The van der Waals surface area contributed by atoms with Crippen LogP contribution in [0, 0.1) is 20.8 Å². The van der Waals surface area contributed by atoms with Gasteiger partial charge >= 0.3 is 0 Å². The fourth-order valence-corrected chi connectivity index (χ4v) is 2.49. The van der Waals surface area contributed by atoms with Crippen LogP contribution in [-0.4, -0.2) is 15.2 Å². The molecule has 0 saturated carbocycles. The van der Waals surface area contributed by atoms with Crippen LogP contribution in [-0.2, 0) is 0 Å². The Morgan fingerprint density at radius 1 is 1.13 bits per heavy atom. The average Bonchev–Trinajstić information content (AvgIpc) is 2.63. The predicted octanol–water partition coefficient (Wildman–Crippen LogP) is 2.88. The first-order valence-electron chi connectivity index (χ1n) is 4.78. The highest BCUT2D eigenvalue weighted by molar-refractivity contribution is 7.99. The fraction of sp³-hybridized carbons (Fsp3) is 0.273. The van der Waals surface area contributed by atoms with Gasteiger partial charge in [0.2, 0.25) is 5.16 Å². The molecule has 1 aromatic carbocycles. The maximum Gasteiger partial charge on any atom is 0.212 e. The molecule has 4 heteroatoms. The zero-order chi connectivity index (χ0) is 10.8. The summed E-state index contributed by atoms with van der Waals surface area (Å²) in [5, 5.41) is 7.53. The summed E-state index contributed by atoms with van der Waals surface area (Å²) in [7, 11) is 0. The van der Waals surface area contributed by atoms with Gasteiger partial charge in [-0.15, -0.1) is 5.10 Å². The zero-order valence-electron chi connectivity index (χ0n) is 9.03. The maximum absolute atomic E-state index is 4.11. The van der Waals surface area contributed by atoms with Crippen LogP contribution in [0.5, 0.6) is 0 Å². The molecule has 15 heavy (non-hydrogen) atoms. The lowest BCUT2D eigenvalue weighted by atomic mass is 10.1. The highest BCUT2D eigenvalue weighted by Crippen LogP contribution is 2.31. The van der Waals surface area contributed by atoms with Crippen LogP contribution in [0.2, 0.25) is 0 Å². The third kappa shape index (κ3) is 2.21. The van der Waals surface area contributed by atoms with E-state index in [4.69, 9.17) is 0 Å². The van der Waals surface area contributed by atoms with E-state index in [2.05, 4.69) is 48.1 Å². The molecule has 0 fully saturated rings. The summed E-state index contributed by atoms with van der Waals surface area (Å²) in [6.07, 6.45) is 1.60. The van der Waals surface area contributed by atoms with Gasteiger partial charge in [-0.3, -0.25) is 5.10 Å². The van der Waals surface area contributed by atoms with Crippen molar-refractivity contribution in [2.75, 3.05) is 0 Å². The third-order valence-electron chi connectivity index (χ3n) is 2.19. The second-order valence-electron chi connectivity index (χ2n) is 3.61. The second kappa shape index (κ2) is 4.06. The third-order valence-corrected chi connectivity index (χ3v) is 3.42. The van der Waals surface area contributed by atoms with E-state index in [9.17, 15) is 0 Å². The molecule has 0 unspecified atom stereocenters. The van der Waals surface area contributed by atoms with E-state index in [-0.39, 0.29) is 0 Å². The molecule has 0 atom stereocenters. The van der Waals surface area contributed by atoms with Crippen molar-refractivity contribution in [2.24, 2.45) is 0 Å². The molecular formula is C11H13N3S. The molecular weight excluding hydrogens is 206 g/mol. The summed E-state index contributed by atoms with van der Waals surface area (Å²) in [5.41, 5.74) is 3.86. The minimum atomic E-state index is 0.769. The SMILES string of the molecule is Cc1cc(C)c(Sc2nc[nH]n2)c(C)c1. The van der Waals surface area contributed by atoms with Crippen molar-refractivity contribution in [3.8, 4) is 0 Å². The predicted molar refractivity (Wildman–Crippen MR) is 61.2 cm³/mol. The Morgan fingerprint density at radius 2 is 1.80 bits per heavy atom. The largest absolute Gasteiger partial charge is 0.265 e. The molecule has 1 heterocycles. The first-order valence-corrected chi connectivity index (χ1v) is 5.60. The topological polar surface area (TPSA) is 41.6 Å². The number of benzene rings is 1. The highest BCUT2D eigenvalue weighted by Gasteiger charge is 2.07. The molecule has 2 rings (SSSR count). The first-order chi connectivity index (χ1) is 7.16. The number of H-pyrrole nitrogens is 1. The van der Waals surface area contributed by atoms with Gasteiger partial charge in [-0.2, -0.15) is 0 Å². The summed E-state index contributed by atoms with van der Waals surface area (Å²) in [5.74, 6) is 0. The molecule has 0 aliphatic rings. The molecule has 0 saturated heterocycles. The van der Waals surface area contributed by atoms with Crippen LogP contribution in [0.3, 0.4) is 0 Å². The van der Waals surface area contributed by atoms with Gasteiger partial charge < -0.3 is 0 Å². The number of hydrogen-bond donors (Lipinski definition) is 1. The summed E-state index contributed by atoms with van der Waals surface area (Å²) in [4.78, 5) is 5.36. The average molecular weight is 219 g/mol. The van der Waals surface area contributed by atoms with Crippen molar-refractivity contribution in [2.45, 2.75) is 30.8 Å². The number of rotatable bonds is 2. The van der Waals surface area contributed by atoms with E-state index >= 15 is 0 Å². The summed E-state index contributed by atoms with van der Waals surface area (Å²) in [6.45, 7) is 6.35. The Morgan fingerprint density at radius 3 is 2.33 bits per heavy atom. The second-order valence-corrected chi connectivity index (χ2v) is 4.59. The van der Waals surface area contributed by atoms with Crippen LogP contribution < -0.4 is 0 Å². The molecule has 0 aliphatic carbocycles. The van der Waals surface area contributed by atoms with Gasteiger partial charge in [-0.25, -0.2) is 4.98 Å². The van der Waals surface area contributed by atoms with Crippen molar-refractivity contribution in [3.63, 3.8) is 0 Å². The minimum absolute atomic E-state index is 0.769. The molecule has 0 aliphatic heterocycles. The first kappa shape index (κ1) is 10.2. The molecule has 1 aromatic heterocycles.